The van der Waals surface area contributed by atoms with Gasteiger partial charge in [0.1, 0.15) is 0 Å². The molecule has 0 aliphatic heterocycles. The monoisotopic (exact) mass is 252 g/mol. The fraction of sp³-hybridized carbons (Fsp3) is 0.375. The van der Waals surface area contributed by atoms with E-state index in [2.05, 4.69) is 9.97 Å². The topological polar surface area (TPSA) is 63.1 Å². The Balaban J connectivity index is 2.62. The van der Waals surface area contributed by atoms with Gasteiger partial charge in [-0.3, -0.25) is 4.79 Å². The van der Waals surface area contributed by atoms with Gasteiger partial charge in [-0.2, -0.15) is 13.2 Å². The normalized spacial score (nSPS) is 13.4. The lowest BCUT2D eigenvalue weighted by Gasteiger charge is -2.14. The second kappa shape index (κ2) is 5.15. The third-order valence-corrected chi connectivity index (χ3v) is 2.58. The number of hydrogen-bond donors (Lipinski definition) is 1. The molecule has 0 bridgehead atoms. The average molecular weight is 252 g/mol. The molecular weight excluding hydrogens is 245 g/mol. The smallest absolute Gasteiger partial charge is 0.403 e. The largest absolute Gasteiger partial charge is 0.481 e. The first-order chi connectivity index (χ1) is 7.41. The lowest BCUT2D eigenvalue weighted by molar-refractivity contribution is -0.188. The van der Waals surface area contributed by atoms with E-state index in [-0.39, 0.29) is 5.16 Å². The lowest BCUT2D eigenvalue weighted by Crippen LogP contribution is -2.32. The van der Waals surface area contributed by atoms with Crippen LogP contribution in [0.2, 0.25) is 0 Å². The van der Waals surface area contributed by atoms with Crippen LogP contribution in [0.3, 0.4) is 0 Å². The fourth-order valence-electron chi connectivity index (χ4n) is 0.824. The molecule has 16 heavy (non-hydrogen) atoms. The van der Waals surface area contributed by atoms with E-state index >= 15 is 0 Å². The van der Waals surface area contributed by atoms with Gasteiger partial charge in [0.05, 0.1) is 0 Å². The van der Waals surface area contributed by atoms with Gasteiger partial charge >= 0.3 is 12.1 Å². The maximum absolute atomic E-state index is 12.2. The van der Waals surface area contributed by atoms with Crippen molar-refractivity contribution < 1.29 is 23.1 Å². The number of rotatable bonds is 4. The van der Waals surface area contributed by atoms with E-state index < -0.39 is 23.8 Å². The van der Waals surface area contributed by atoms with Gasteiger partial charge < -0.3 is 5.11 Å². The second-order valence-electron chi connectivity index (χ2n) is 2.77. The summed E-state index contributed by atoms with van der Waals surface area (Å²) in [6.45, 7) is 0. The summed E-state index contributed by atoms with van der Waals surface area (Å²) in [7, 11) is 0. The minimum atomic E-state index is -4.76. The summed E-state index contributed by atoms with van der Waals surface area (Å²) < 4.78 is 36.7. The van der Waals surface area contributed by atoms with Crippen molar-refractivity contribution in [3.8, 4) is 0 Å². The van der Waals surface area contributed by atoms with E-state index in [4.69, 9.17) is 5.11 Å². The Bertz CT molecular complexity index is 358. The van der Waals surface area contributed by atoms with Crippen LogP contribution < -0.4 is 0 Å². The highest BCUT2D eigenvalue weighted by Gasteiger charge is 2.45. The van der Waals surface area contributed by atoms with E-state index in [1.165, 1.54) is 18.5 Å². The van der Waals surface area contributed by atoms with E-state index in [9.17, 15) is 18.0 Å². The number of thioether (sulfide) groups is 1. The van der Waals surface area contributed by atoms with Gasteiger partial charge in [0.15, 0.2) is 11.1 Å². The van der Waals surface area contributed by atoms with Gasteiger partial charge in [0.25, 0.3) is 0 Å². The third-order valence-electron chi connectivity index (χ3n) is 1.61. The third kappa shape index (κ3) is 3.69. The number of halogens is 3. The van der Waals surface area contributed by atoms with Crippen LogP contribution in [0, 0.1) is 5.92 Å². The van der Waals surface area contributed by atoms with Crippen LogP contribution in [0.15, 0.2) is 23.6 Å². The highest BCUT2D eigenvalue weighted by Crippen LogP contribution is 2.30. The van der Waals surface area contributed by atoms with E-state index in [0.29, 0.717) is 11.8 Å². The average Bonchev–Trinajstić information content (AvgIpc) is 2.17. The molecule has 0 amide bonds. The van der Waals surface area contributed by atoms with E-state index in [1.807, 2.05) is 0 Å². The zero-order valence-electron chi connectivity index (χ0n) is 7.81. The molecule has 0 aliphatic carbocycles. The lowest BCUT2D eigenvalue weighted by atomic mass is 10.2. The van der Waals surface area contributed by atoms with Crippen LogP contribution in [0.1, 0.15) is 0 Å². The van der Waals surface area contributed by atoms with Crippen molar-refractivity contribution in [1.29, 1.82) is 0 Å². The Morgan fingerprint density at radius 2 is 2.00 bits per heavy atom. The van der Waals surface area contributed by atoms with Gasteiger partial charge in [-0.15, -0.1) is 0 Å². The Kier molecular flexibility index (Phi) is 4.11. The number of aromatic nitrogens is 2. The molecule has 1 unspecified atom stereocenters. The Morgan fingerprint density at radius 3 is 2.44 bits per heavy atom. The maximum Gasteiger partial charge on any atom is 0.403 e. The number of nitrogens with zero attached hydrogens (tertiary/aromatic N) is 2. The minimum absolute atomic E-state index is 0.123. The van der Waals surface area contributed by atoms with Crippen molar-refractivity contribution in [3.63, 3.8) is 0 Å². The Morgan fingerprint density at radius 1 is 1.44 bits per heavy atom. The SMILES string of the molecule is O=C(O)C(CSc1ncccn1)C(F)(F)F. The highest BCUT2D eigenvalue weighted by atomic mass is 32.2. The zero-order valence-corrected chi connectivity index (χ0v) is 8.63. The summed E-state index contributed by atoms with van der Waals surface area (Å²) in [5, 5.41) is 8.54. The van der Waals surface area contributed by atoms with Crippen molar-refractivity contribution in [2.24, 2.45) is 5.92 Å². The molecule has 0 fully saturated rings. The van der Waals surface area contributed by atoms with Crippen LogP contribution in [0.5, 0.6) is 0 Å². The molecule has 0 radical (unpaired) electrons. The summed E-state index contributed by atoms with van der Waals surface area (Å²) >= 11 is 0.661. The molecule has 88 valence electrons. The quantitative estimate of drug-likeness (QED) is 0.654. The second-order valence-corrected chi connectivity index (χ2v) is 3.76. The number of carbonyl (C=O) groups is 1. The van der Waals surface area contributed by atoms with E-state index in [1.54, 1.807) is 0 Å². The van der Waals surface area contributed by atoms with Crippen molar-refractivity contribution >= 4 is 17.7 Å². The Labute approximate surface area is 92.9 Å². The highest BCUT2D eigenvalue weighted by molar-refractivity contribution is 7.99. The molecule has 8 heteroatoms. The van der Waals surface area contributed by atoms with Crippen LogP contribution in [-0.4, -0.2) is 33.0 Å². The van der Waals surface area contributed by atoms with Gasteiger partial charge in [0, 0.05) is 18.1 Å². The zero-order chi connectivity index (χ0) is 12.2. The van der Waals surface area contributed by atoms with Crippen LogP contribution in [0.25, 0.3) is 0 Å². The molecule has 1 heterocycles. The summed E-state index contributed by atoms with van der Waals surface area (Å²) in [5.41, 5.74) is 0. The minimum Gasteiger partial charge on any atom is -0.481 e. The molecule has 0 aliphatic rings. The summed E-state index contributed by atoms with van der Waals surface area (Å²) in [6, 6.07) is 1.52. The van der Waals surface area contributed by atoms with Gasteiger partial charge in [-0.25, -0.2) is 9.97 Å². The predicted octanol–water partition coefficient (Wildman–Crippen LogP) is 1.83. The molecule has 0 aromatic carbocycles. The first-order valence-corrected chi connectivity index (χ1v) is 5.09. The van der Waals surface area contributed by atoms with Crippen LogP contribution in [-0.2, 0) is 4.79 Å². The van der Waals surface area contributed by atoms with E-state index in [0.717, 1.165) is 0 Å². The first-order valence-electron chi connectivity index (χ1n) is 4.10. The standard InChI is InChI=1S/C8H7F3N2O2S/c9-8(10,11)5(6(14)15)4-16-7-12-2-1-3-13-7/h1-3,5H,4H2,(H,14,15). The summed E-state index contributed by atoms with van der Waals surface area (Å²) in [6.07, 6.45) is -2.01. The Hall–Kier alpha value is -1.31. The predicted molar refractivity (Wildman–Crippen MR) is 49.9 cm³/mol. The van der Waals surface area contributed by atoms with Crippen molar-refractivity contribution in [1.82, 2.24) is 9.97 Å². The molecule has 4 nitrogen and oxygen atoms in total. The molecule has 0 spiro atoms. The van der Waals surface area contributed by atoms with Gasteiger partial charge in [0.2, 0.25) is 0 Å². The van der Waals surface area contributed by atoms with Gasteiger partial charge in [-0.1, -0.05) is 11.8 Å². The van der Waals surface area contributed by atoms with Crippen LogP contribution >= 0.6 is 11.8 Å². The molecule has 1 aromatic rings. The number of aliphatic carboxylic acids is 1. The van der Waals surface area contributed by atoms with Crippen molar-refractivity contribution in [2.75, 3.05) is 5.75 Å². The fourth-order valence-corrected chi connectivity index (χ4v) is 1.74. The molecule has 1 aromatic heterocycles. The number of carboxylic acid groups (broad SMARTS) is 1. The molecule has 1 rings (SSSR count). The summed E-state index contributed by atoms with van der Waals surface area (Å²) in [5.74, 6) is -4.93. The molecule has 0 saturated heterocycles. The maximum atomic E-state index is 12.2. The number of hydrogen-bond acceptors (Lipinski definition) is 4. The van der Waals surface area contributed by atoms with Crippen LogP contribution in [0.4, 0.5) is 13.2 Å². The van der Waals surface area contributed by atoms with Crippen molar-refractivity contribution in [3.05, 3.63) is 18.5 Å². The summed E-state index contributed by atoms with van der Waals surface area (Å²) in [4.78, 5) is 17.8. The first kappa shape index (κ1) is 12.8. The van der Waals surface area contributed by atoms with Crippen molar-refractivity contribution in [2.45, 2.75) is 11.3 Å². The molecule has 1 N–H and O–H groups in total. The molecular formula is C8H7F3N2O2S. The van der Waals surface area contributed by atoms with Gasteiger partial charge in [-0.05, 0) is 6.07 Å². The molecule has 1 atom stereocenters. The number of carboxylic acids is 1. The molecule has 0 saturated carbocycles. The number of alkyl halides is 3.